The summed E-state index contributed by atoms with van der Waals surface area (Å²) >= 11 is 0. The van der Waals surface area contributed by atoms with E-state index in [1.807, 2.05) is 6.07 Å². The summed E-state index contributed by atoms with van der Waals surface area (Å²) in [4.78, 5) is 8.32. The standard InChI is InChI=1S/C16H20FN5O/c1-11-21-14(22-23-11)9-19-15(18-2)20-10-16(6-7-16)12-4-3-5-13(17)8-12/h3-5,8H,6-7,9-10H2,1-2H3,(H2,18,19,20). The number of aromatic nitrogens is 2. The molecule has 0 bridgehead atoms. The summed E-state index contributed by atoms with van der Waals surface area (Å²) in [7, 11) is 1.71. The third-order valence-corrected chi connectivity index (χ3v) is 4.09. The smallest absolute Gasteiger partial charge is 0.223 e. The molecule has 1 heterocycles. The van der Waals surface area contributed by atoms with E-state index in [0.717, 1.165) is 18.4 Å². The molecule has 0 radical (unpaired) electrons. The number of hydrogen-bond donors (Lipinski definition) is 2. The summed E-state index contributed by atoms with van der Waals surface area (Å²) < 4.78 is 18.3. The number of guanidine groups is 1. The third kappa shape index (κ3) is 3.67. The van der Waals surface area contributed by atoms with Crippen LogP contribution in [-0.4, -0.2) is 29.7 Å². The lowest BCUT2D eigenvalue weighted by atomic mass is 9.96. The maximum absolute atomic E-state index is 13.4. The molecule has 2 aromatic rings. The first-order valence-electron chi connectivity index (χ1n) is 7.61. The molecule has 1 aliphatic rings. The van der Waals surface area contributed by atoms with E-state index < -0.39 is 0 Å². The molecule has 0 aliphatic heterocycles. The van der Waals surface area contributed by atoms with Gasteiger partial charge in [-0.25, -0.2) is 4.39 Å². The first-order valence-corrected chi connectivity index (χ1v) is 7.61. The van der Waals surface area contributed by atoms with Crippen molar-refractivity contribution in [3.05, 3.63) is 47.4 Å². The number of aliphatic imine (C=N–C) groups is 1. The summed E-state index contributed by atoms with van der Waals surface area (Å²) in [5, 5.41) is 10.3. The van der Waals surface area contributed by atoms with E-state index >= 15 is 0 Å². The second kappa shape index (κ2) is 6.36. The van der Waals surface area contributed by atoms with Gasteiger partial charge in [0, 0.05) is 25.9 Å². The number of halogens is 1. The highest BCUT2D eigenvalue weighted by molar-refractivity contribution is 5.79. The predicted octanol–water partition coefficient (Wildman–Crippen LogP) is 1.91. The van der Waals surface area contributed by atoms with Gasteiger partial charge in [-0.3, -0.25) is 4.99 Å². The average Bonchev–Trinajstić information content (AvgIpc) is 3.23. The number of hydrogen-bond acceptors (Lipinski definition) is 4. The Bertz CT molecular complexity index is 708. The summed E-state index contributed by atoms with van der Waals surface area (Å²) in [6, 6.07) is 6.83. The van der Waals surface area contributed by atoms with E-state index in [1.165, 1.54) is 6.07 Å². The molecule has 6 nitrogen and oxygen atoms in total. The Balaban J connectivity index is 1.56. The minimum absolute atomic E-state index is 0.00243. The topological polar surface area (TPSA) is 75.3 Å². The van der Waals surface area contributed by atoms with E-state index in [4.69, 9.17) is 4.52 Å². The van der Waals surface area contributed by atoms with E-state index in [1.54, 1.807) is 26.1 Å². The lowest BCUT2D eigenvalue weighted by molar-refractivity contribution is 0.386. The van der Waals surface area contributed by atoms with Gasteiger partial charge in [0.2, 0.25) is 5.89 Å². The molecular weight excluding hydrogens is 297 g/mol. The number of aryl methyl sites for hydroxylation is 1. The summed E-state index contributed by atoms with van der Waals surface area (Å²) in [5.41, 5.74) is 1.04. The molecule has 23 heavy (non-hydrogen) atoms. The van der Waals surface area contributed by atoms with E-state index in [9.17, 15) is 4.39 Å². The Morgan fingerprint density at radius 2 is 2.22 bits per heavy atom. The van der Waals surface area contributed by atoms with Crippen molar-refractivity contribution in [2.45, 2.75) is 31.7 Å². The van der Waals surface area contributed by atoms with Crippen LogP contribution in [0.4, 0.5) is 4.39 Å². The largest absolute Gasteiger partial charge is 0.356 e. The maximum Gasteiger partial charge on any atom is 0.223 e. The monoisotopic (exact) mass is 317 g/mol. The van der Waals surface area contributed by atoms with Gasteiger partial charge in [-0.1, -0.05) is 17.3 Å². The first kappa shape index (κ1) is 15.5. The number of nitrogens with zero attached hydrogens (tertiary/aromatic N) is 3. The zero-order chi connectivity index (χ0) is 16.3. The van der Waals surface area contributed by atoms with E-state index in [2.05, 4.69) is 25.8 Å². The van der Waals surface area contributed by atoms with Crippen molar-refractivity contribution in [2.75, 3.05) is 13.6 Å². The van der Waals surface area contributed by atoms with Gasteiger partial charge < -0.3 is 15.2 Å². The van der Waals surface area contributed by atoms with Crippen LogP contribution in [0, 0.1) is 12.7 Å². The van der Waals surface area contributed by atoms with Crippen molar-refractivity contribution in [1.29, 1.82) is 0 Å². The van der Waals surface area contributed by atoms with Crippen molar-refractivity contribution in [2.24, 2.45) is 4.99 Å². The van der Waals surface area contributed by atoms with Crippen molar-refractivity contribution in [3.8, 4) is 0 Å². The van der Waals surface area contributed by atoms with E-state index in [-0.39, 0.29) is 11.2 Å². The fourth-order valence-corrected chi connectivity index (χ4v) is 2.59. The highest BCUT2D eigenvalue weighted by Crippen LogP contribution is 2.47. The average molecular weight is 317 g/mol. The molecule has 3 rings (SSSR count). The molecule has 0 amide bonds. The zero-order valence-electron chi connectivity index (χ0n) is 13.3. The van der Waals surface area contributed by atoms with Gasteiger partial charge in [0.15, 0.2) is 11.8 Å². The normalized spacial score (nSPS) is 16.2. The third-order valence-electron chi connectivity index (χ3n) is 4.09. The Labute approximate surface area is 134 Å². The van der Waals surface area contributed by atoms with Crippen LogP contribution in [0.25, 0.3) is 0 Å². The molecule has 0 saturated heterocycles. The Kier molecular flexibility index (Phi) is 4.27. The minimum Gasteiger partial charge on any atom is -0.356 e. The van der Waals surface area contributed by atoms with Crippen LogP contribution in [0.3, 0.4) is 0 Å². The predicted molar refractivity (Wildman–Crippen MR) is 84.5 cm³/mol. The number of benzene rings is 1. The molecule has 0 atom stereocenters. The van der Waals surface area contributed by atoms with Crippen LogP contribution in [0.15, 0.2) is 33.8 Å². The molecule has 1 saturated carbocycles. The van der Waals surface area contributed by atoms with Gasteiger partial charge in [0.25, 0.3) is 0 Å². The SMILES string of the molecule is CN=C(NCc1noc(C)n1)NCC1(c2cccc(F)c2)CC1. The minimum atomic E-state index is -0.191. The maximum atomic E-state index is 13.4. The van der Waals surface area contributed by atoms with E-state index in [0.29, 0.717) is 30.8 Å². The van der Waals surface area contributed by atoms with Crippen molar-refractivity contribution >= 4 is 5.96 Å². The van der Waals surface area contributed by atoms with Gasteiger partial charge in [-0.15, -0.1) is 0 Å². The molecule has 122 valence electrons. The van der Waals surface area contributed by atoms with Gasteiger partial charge in [0.1, 0.15) is 5.82 Å². The quantitative estimate of drug-likeness (QED) is 0.651. The molecule has 1 aliphatic carbocycles. The van der Waals surface area contributed by atoms with Crippen LogP contribution >= 0.6 is 0 Å². The molecule has 0 spiro atoms. The van der Waals surface area contributed by atoms with Crippen LogP contribution in [0.2, 0.25) is 0 Å². The second-order valence-corrected chi connectivity index (χ2v) is 5.80. The molecule has 1 fully saturated rings. The summed E-state index contributed by atoms with van der Waals surface area (Å²) in [6.07, 6.45) is 2.09. The van der Waals surface area contributed by atoms with Gasteiger partial charge >= 0.3 is 0 Å². The second-order valence-electron chi connectivity index (χ2n) is 5.80. The van der Waals surface area contributed by atoms with Crippen LogP contribution in [0.5, 0.6) is 0 Å². The van der Waals surface area contributed by atoms with Crippen molar-refractivity contribution < 1.29 is 8.91 Å². The van der Waals surface area contributed by atoms with Crippen molar-refractivity contribution in [3.63, 3.8) is 0 Å². The molecule has 1 aromatic carbocycles. The van der Waals surface area contributed by atoms with Crippen LogP contribution in [-0.2, 0) is 12.0 Å². The van der Waals surface area contributed by atoms with Crippen molar-refractivity contribution in [1.82, 2.24) is 20.8 Å². The molecule has 0 unspecified atom stereocenters. The Morgan fingerprint density at radius 3 is 2.83 bits per heavy atom. The van der Waals surface area contributed by atoms with Gasteiger partial charge in [0.05, 0.1) is 6.54 Å². The Morgan fingerprint density at radius 1 is 1.39 bits per heavy atom. The lowest BCUT2D eigenvalue weighted by Crippen LogP contribution is -2.41. The van der Waals surface area contributed by atoms with Crippen LogP contribution in [0.1, 0.15) is 30.1 Å². The fourth-order valence-electron chi connectivity index (χ4n) is 2.59. The zero-order valence-corrected chi connectivity index (χ0v) is 13.3. The Hall–Kier alpha value is -2.44. The van der Waals surface area contributed by atoms with Gasteiger partial charge in [-0.05, 0) is 30.5 Å². The summed E-state index contributed by atoms with van der Waals surface area (Å²) in [5.74, 6) is 1.59. The first-order chi connectivity index (χ1) is 11.1. The van der Waals surface area contributed by atoms with Gasteiger partial charge in [-0.2, -0.15) is 4.98 Å². The van der Waals surface area contributed by atoms with Crippen LogP contribution < -0.4 is 10.6 Å². The highest BCUT2D eigenvalue weighted by atomic mass is 19.1. The molecular formula is C16H20FN5O. The number of nitrogens with one attached hydrogen (secondary N) is 2. The lowest BCUT2D eigenvalue weighted by Gasteiger charge is -2.18. The molecule has 7 heteroatoms. The molecule has 2 N–H and O–H groups in total. The number of rotatable bonds is 5. The molecule has 1 aromatic heterocycles. The fraction of sp³-hybridized carbons (Fsp3) is 0.438. The summed E-state index contributed by atoms with van der Waals surface area (Å²) in [6.45, 7) is 2.89. The highest BCUT2D eigenvalue weighted by Gasteiger charge is 2.44.